The Labute approximate surface area is 213 Å². The summed E-state index contributed by atoms with van der Waals surface area (Å²) in [7, 11) is 3.34. The molecule has 1 amide bonds. The molecule has 1 N–H and O–H groups in total. The first-order chi connectivity index (χ1) is 17.6. The van der Waals surface area contributed by atoms with E-state index < -0.39 is 5.92 Å². The summed E-state index contributed by atoms with van der Waals surface area (Å²) >= 11 is 0. The monoisotopic (exact) mass is 489 g/mol. The minimum atomic E-state index is -0.393. The van der Waals surface area contributed by atoms with Gasteiger partial charge in [-0.2, -0.15) is 0 Å². The van der Waals surface area contributed by atoms with Crippen molar-refractivity contribution in [3.05, 3.63) is 66.3 Å². The van der Waals surface area contributed by atoms with Gasteiger partial charge in [-0.15, -0.1) is 0 Å². The second kappa shape index (κ2) is 12.4. The summed E-state index contributed by atoms with van der Waals surface area (Å²) in [5.74, 6) is 0.489. The van der Waals surface area contributed by atoms with Gasteiger partial charge in [0.15, 0.2) is 12.4 Å². The molecule has 2 heterocycles. The molecular weight excluding hydrogens is 454 g/mol. The van der Waals surface area contributed by atoms with Gasteiger partial charge in [0.25, 0.3) is 0 Å². The fourth-order valence-electron chi connectivity index (χ4n) is 4.71. The minimum Gasteiger partial charge on any atom is -0.399 e. The molecule has 4 rings (SSSR count). The maximum absolute atomic E-state index is 13.7. The molecule has 190 valence electrons. The van der Waals surface area contributed by atoms with E-state index in [1.165, 1.54) is 7.11 Å². The van der Waals surface area contributed by atoms with E-state index in [4.69, 9.17) is 14.7 Å². The number of nitrogens with zero attached hydrogens (tertiary/aromatic N) is 4. The second-order valence-electron chi connectivity index (χ2n) is 9.31. The standard InChI is InChI=1S/C28H35N5O3/c1-20(31-35-3)17-26(25-19-36-32-27(30-25)24-13-8-16-29-18-24)33(2)28(34)23-12-7-11-22(14-15-23)21-9-5-4-6-10-21/h4-7,9-12,14-15,23-24,26,29H,8,13,16-19H2,1-3H3/b31-20+. The van der Waals surface area contributed by atoms with Crippen LogP contribution >= 0.6 is 0 Å². The zero-order chi connectivity index (χ0) is 25.3. The fourth-order valence-corrected chi connectivity index (χ4v) is 4.71. The Hall–Kier alpha value is -3.52. The van der Waals surface area contributed by atoms with Gasteiger partial charge in [-0.25, -0.2) is 4.99 Å². The average Bonchev–Trinajstić information content (AvgIpc) is 3.19. The maximum atomic E-state index is 13.7. The summed E-state index contributed by atoms with van der Waals surface area (Å²) in [6, 6.07) is 9.82. The van der Waals surface area contributed by atoms with Crippen LogP contribution in [-0.2, 0) is 14.5 Å². The zero-order valence-corrected chi connectivity index (χ0v) is 21.3. The van der Waals surface area contributed by atoms with Gasteiger partial charge < -0.3 is 19.9 Å². The lowest BCUT2D eigenvalue weighted by atomic mass is 9.97. The third-order valence-electron chi connectivity index (χ3n) is 6.70. The summed E-state index contributed by atoms with van der Waals surface area (Å²) in [4.78, 5) is 31.0. The van der Waals surface area contributed by atoms with Gasteiger partial charge >= 0.3 is 0 Å². The van der Waals surface area contributed by atoms with Gasteiger partial charge in [-0.1, -0.05) is 71.0 Å². The van der Waals surface area contributed by atoms with E-state index in [2.05, 4.69) is 27.8 Å². The molecule has 0 saturated carbocycles. The largest absolute Gasteiger partial charge is 0.399 e. The van der Waals surface area contributed by atoms with Crippen LogP contribution in [0.2, 0.25) is 0 Å². The van der Waals surface area contributed by atoms with Crippen LogP contribution < -0.4 is 5.32 Å². The lowest BCUT2D eigenvalue weighted by Gasteiger charge is -2.32. The first kappa shape index (κ1) is 25.6. The molecule has 36 heavy (non-hydrogen) atoms. The number of allylic oxidation sites excluding steroid dienone is 4. The van der Waals surface area contributed by atoms with Crippen molar-refractivity contribution in [2.24, 2.45) is 27.1 Å². The number of amidine groups is 1. The Morgan fingerprint density at radius 3 is 2.89 bits per heavy atom. The highest BCUT2D eigenvalue weighted by molar-refractivity contribution is 6.06. The number of aliphatic imine (C=N–C) groups is 1. The van der Waals surface area contributed by atoms with Crippen molar-refractivity contribution in [3.63, 3.8) is 0 Å². The number of amides is 1. The Morgan fingerprint density at radius 2 is 2.14 bits per heavy atom. The van der Waals surface area contributed by atoms with Crippen molar-refractivity contribution in [2.45, 2.75) is 32.2 Å². The predicted molar refractivity (Wildman–Crippen MR) is 144 cm³/mol. The van der Waals surface area contributed by atoms with E-state index in [0.29, 0.717) is 12.3 Å². The Morgan fingerprint density at radius 1 is 1.31 bits per heavy atom. The predicted octanol–water partition coefficient (Wildman–Crippen LogP) is 3.84. The van der Waals surface area contributed by atoms with Gasteiger partial charge in [0.1, 0.15) is 7.11 Å². The van der Waals surface area contributed by atoms with E-state index >= 15 is 0 Å². The van der Waals surface area contributed by atoms with Crippen molar-refractivity contribution in [1.82, 2.24) is 10.2 Å². The summed E-state index contributed by atoms with van der Waals surface area (Å²) in [6.07, 6.45) is 12.5. The summed E-state index contributed by atoms with van der Waals surface area (Å²) in [5, 5.41) is 11.7. The van der Waals surface area contributed by atoms with Crippen LogP contribution in [-0.4, -0.2) is 68.0 Å². The second-order valence-corrected chi connectivity index (χ2v) is 9.31. The molecule has 3 aliphatic rings. The highest BCUT2D eigenvalue weighted by Crippen LogP contribution is 2.23. The number of benzene rings is 1. The van der Waals surface area contributed by atoms with E-state index in [1.54, 1.807) is 4.90 Å². The first-order valence-electron chi connectivity index (χ1n) is 12.5. The lowest BCUT2D eigenvalue weighted by Crippen LogP contribution is -2.48. The van der Waals surface area contributed by atoms with Crippen LogP contribution in [0.1, 0.15) is 31.7 Å². The molecule has 1 aromatic carbocycles. The van der Waals surface area contributed by atoms with Crippen LogP contribution in [0.3, 0.4) is 0 Å². The van der Waals surface area contributed by atoms with Gasteiger partial charge in [-0.3, -0.25) is 4.79 Å². The Balaban J connectivity index is 1.55. The highest BCUT2D eigenvalue weighted by Gasteiger charge is 2.32. The topological polar surface area (TPSA) is 87.9 Å². The molecule has 8 heteroatoms. The molecule has 0 bridgehead atoms. The molecule has 1 aromatic rings. The highest BCUT2D eigenvalue weighted by atomic mass is 16.6. The molecule has 3 unspecified atom stereocenters. The zero-order valence-electron chi connectivity index (χ0n) is 21.3. The van der Waals surface area contributed by atoms with Crippen LogP contribution in [0.5, 0.6) is 0 Å². The first-order valence-corrected chi connectivity index (χ1v) is 12.5. The molecule has 0 aromatic heterocycles. The van der Waals surface area contributed by atoms with Crippen LogP contribution in [0.4, 0.5) is 0 Å². The quantitative estimate of drug-likeness (QED) is 0.444. The number of carbonyl (C=O) groups excluding carboxylic acids is 1. The average molecular weight is 490 g/mol. The third kappa shape index (κ3) is 6.37. The number of hydrogen-bond donors (Lipinski definition) is 1. The van der Waals surface area contributed by atoms with Gasteiger partial charge in [0.05, 0.1) is 23.4 Å². The van der Waals surface area contributed by atoms with E-state index in [-0.39, 0.29) is 24.5 Å². The summed E-state index contributed by atoms with van der Waals surface area (Å²) in [6.45, 7) is 3.97. The van der Waals surface area contributed by atoms with Crippen molar-refractivity contribution in [3.8, 4) is 0 Å². The molecule has 2 aliphatic heterocycles. The minimum absolute atomic E-state index is 0.0217. The van der Waals surface area contributed by atoms with Gasteiger partial charge in [0, 0.05) is 25.9 Å². The number of oxime groups is 2. The van der Waals surface area contributed by atoms with Crippen LogP contribution in [0.15, 0.2) is 76.0 Å². The van der Waals surface area contributed by atoms with Crippen LogP contribution in [0, 0.1) is 11.8 Å². The number of rotatable bonds is 8. The normalized spacial score (nSPS) is 23.0. The smallest absolute Gasteiger partial charge is 0.233 e. The van der Waals surface area contributed by atoms with Crippen molar-refractivity contribution >= 4 is 28.7 Å². The van der Waals surface area contributed by atoms with E-state index in [1.807, 2.05) is 62.6 Å². The molecule has 1 saturated heterocycles. The van der Waals surface area contributed by atoms with Gasteiger partial charge in [0.2, 0.25) is 5.91 Å². The van der Waals surface area contributed by atoms with Crippen LogP contribution in [0.25, 0.3) is 5.57 Å². The third-order valence-corrected chi connectivity index (χ3v) is 6.70. The summed E-state index contributed by atoms with van der Waals surface area (Å²) < 4.78 is 0. The van der Waals surface area contributed by atoms with Gasteiger partial charge in [-0.05, 0) is 37.4 Å². The molecule has 8 nitrogen and oxygen atoms in total. The van der Waals surface area contributed by atoms with Crippen molar-refractivity contribution in [2.75, 3.05) is 33.9 Å². The lowest BCUT2D eigenvalue weighted by molar-refractivity contribution is -0.132. The molecule has 0 radical (unpaired) electrons. The number of nitrogens with one attached hydrogen (secondary N) is 1. The van der Waals surface area contributed by atoms with Crippen molar-refractivity contribution < 1.29 is 14.5 Å². The van der Waals surface area contributed by atoms with Crippen molar-refractivity contribution in [1.29, 1.82) is 0 Å². The van der Waals surface area contributed by atoms with E-state index in [9.17, 15) is 4.79 Å². The van der Waals surface area contributed by atoms with E-state index in [0.717, 1.165) is 48.5 Å². The Bertz CT molecular complexity index is 1100. The number of hydrogen-bond acceptors (Lipinski definition) is 7. The molecule has 0 spiro atoms. The molecule has 1 aliphatic carbocycles. The molecular formula is C28H35N5O3. The SMILES string of the molecule is CO/N=C(\C)CC(C1=NC(C2CCCNC2)=NOC1)N(C)C(=O)C1C=CC=C(c2ccccc2)C=C1. The fraction of sp³-hybridized carbons (Fsp3) is 0.429. The Kier molecular flexibility index (Phi) is 8.84. The molecule has 3 atom stereocenters. The number of piperidine rings is 1. The molecule has 1 fully saturated rings. The maximum Gasteiger partial charge on any atom is 0.233 e. The number of carbonyl (C=O) groups is 1. The summed E-state index contributed by atoms with van der Waals surface area (Å²) in [5.41, 5.74) is 3.73.